The van der Waals surface area contributed by atoms with Crippen molar-refractivity contribution >= 4 is 0 Å². The average Bonchev–Trinajstić information content (AvgIpc) is 2.82. The fourth-order valence-electron chi connectivity index (χ4n) is 1.77. The van der Waals surface area contributed by atoms with E-state index in [9.17, 15) is 13.2 Å². The van der Waals surface area contributed by atoms with E-state index < -0.39 is 12.6 Å². The fourth-order valence-corrected chi connectivity index (χ4v) is 1.77. The second-order valence-corrected chi connectivity index (χ2v) is 4.37. The molecule has 0 radical (unpaired) electrons. The molecule has 1 nitrogen and oxygen atoms in total. The quantitative estimate of drug-likeness (QED) is 0.739. The summed E-state index contributed by atoms with van der Waals surface area (Å²) in [5.41, 5.74) is 5.82. The lowest BCUT2D eigenvalue weighted by Gasteiger charge is -2.19. The zero-order valence-electron chi connectivity index (χ0n) is 8.48. The molecule has 0 aromatic carbocycles. The Kier molecular flexibility index (Phi) is 3.81. The predicted molar refractivity (Wildman–Crippen MR) is 49.8 cm³/mol. The van der Waals surface area contributed by atoms with Gasteiger partial charge >= 0.3 is 6.18 Å². The van der Waals surface area contributed by atoms with Crippen molar-refractivity contribution in [3.8, 4) is 0 Å². The molecule has 1 aliphatic rings. The lowest BCUT2D eigenvalue weighted by Crippen LogP contribution is -2.29. The summed E-state index contributed by atoms with van der Waals surface area (Å²) in [5, 5.41) is 0. The molecule has 2 unspecified atom stereocenters. The van der Waals surface area contributed by atoms with Crippen LogP contribution in [-0.2, 0) is 0 Å². The van der Waals surface area contributed by atoms with Gasteiger partial charge in [-0.15, -0.1) is 0 Å². The van der Waals surface area contributed by atoms with Gasteiger partial charge in [-0.2, -0.15) is 13.2 Å². The Labute approximate surface area is 82.9 Å². The average molecular weight is 209 g/mol. The van der Waals surface area contributed by atoms with Crippen LogP contribution in [0, 0.1) is 11.8 Å². The van der Waals surface area contributed by atoms with Crippen molar-refractivity contribution in [1.29, 1.82) is 0 Å². The molecule has 4 heteroatoms. The third-order valence-electron chi connectivity index (χ3n) is 3.04. The monoisotopic (exact) mass is 209 g/mol. The molecular weight excluding hydrogens is 191 g/mol. The van der Waals surface area contributed by atoms with E-state index in [0.29, 0.717) is 18.3 Å². The minimum atomic E-state index is -4.03. The van der Waals surface area contributed by atoms with Gasteiger partial charge in [-0.3, -0.25) is 0 Å². The molecule has 0 aliphatic heterocycles. The van der Waals surface area contributed by atoms with Crippen LogP contribution >= 0.6 is 0 Å². The summed E-state index contributed by atoms with van der Waals surface area (Å²) in [6, 6.07) is -0.0511. The van der Waals surface area contributed by atoms with Crippen molar-refractivity contribution in [2.45, 2.75) is 51.2 Å². The lowest BCUT2D eigenvalue weighted by atomic mass is 9.93. The zero-order valence-corrected chi connectivity index (χ0v) is 8.48. The van der Waals surface area contributed by atoms with Crippen LogP contribution in [-0.4, -0.2) is 12.2 Å². The van der Waals surface area contributed by atoms with Gasteiger partial charge in [-0.1, -0.05) is 6.92 Å². The summed E-state index contributed by atoms with van der Waals surface area (Å²) in [4.78, 5) is 0. The molecule has 0 amide bonds. The summed E-state index contributed by atoms with van der Waals surface area (Å²) >= 11 is 0. The Morgan fingerprint density at radius 3 is 2.36 bits per heavy atom. The Bertz CT molecular complexity index is 175. The summed E-state index contributed by atoms with van der Waals surface area (Å²) in [6.07, 6.45) is -1.65. The lowest BCUT2D eigenvalue weighted by molar-refractivity contribution is -0.135. The predicted octanol–water partition coefficient (Wildman–Crippen LogP) is 3.09. The molecule has 1 fully saturated rings. The minimum absolute atomic E-state index is 0.0511. The van der Waals surface area contributed by atoms with E-state index in [4.69, 9.17) is 5.73 Å². The van der Waals surface area contributed by atoms with Crippen LogP contribution in [0.15, 0.2) is 0 Å². The summed E-state index contributed by atoms with van der Waals surface area (Å²) in [7, 11) is 0. The van der Waals surface area contributed by atoms with Crippen molar-refractivity contribution in [3.63, 3.8) is 0 Å². The molecule has 0 aromatic rings. The number of alkyl halides is 3. The molecule has 0 saturated heterocycles. The maximum absolute atomic E-state index is 11.8. The molecular formula is C10H18F3N. The molecule has 2 atom stereocenters. The van der Waals surface area contributed by atoms with Gasteiger partial charge in [-0.05, 0) is 37.5 Å². The van der Waals surface area contributed by atoms with E-state index in [1.54, 1.807) is 0 Å². The van der Waals surface area contributed by atoms with Crippen LogP contribution in [0.2, 0.25) is 0 Å². The molecule has 0 bridgehead atoms. The van der Waals surface area contributed by atoms with E-state index in [-0.39, 0.29) is 12.5 Å². The van der Waals surface area contributed by atoms with Gasteiger partial charge < -0.3 is 5.73 Å². The van der Waals surface area contributed by atoms with E-state index in [0.717, 1.165) is 0 Å². The van der Waals surface area contributed by atoms with Gasteiger partial charge in [0, 0.05) is 12.5 Å². The Morgan fingerprint density at radius 2 is 1.93 bits per heavy atom. The molecule has 1 aliphatic carbocycles. The Balaban J connectivity index is 2.11. The third kappa shape index (κ3) is 4.31. The minimum Gasteiger partial charge on any atom is -0.327 e. The van der Waals surface area contributed by atoms with Crippen molar-refractivity contribution in [2.75, 3.05) is 0 Å². The van der Waals surface area contributed by atoms with Gasteiger partial charge in [-0.25, -0.2) is 0 Å². The van der Waals surface area contributed by atoms with Gasteiger partial charge in [0.05, 0.1) is 0 Å². The molecule has 1 rings (SSSR count). The number of hydrogen-bond acceptors (Lipinski definition) is 1. The smallest absolute Gasteiger partial charge is 0.327 e. The van der Waals surface area contributed by atoms with Crippen LogP contribution in [0.3, 0.4) is 0 Å². The van der Waals surface area contributed by atoms with E-state index in [1.165, 1.54) is 12.8 Å². The van der Waals surface area contributed by atoms with Gasteiger partial charge in [0.25, 0.3) is 0 Å². The van der Waals surface area contributed by atoms with E-state index in [1.807, 2.05) is 0 Å². The largest absolute Gasteiger partial charge is 0.389 e. The van der Waals surface area contributed by atoms with Crippen molar-refractivity contribution in [3.05, 3.63) is 0 Å². The van der Waals surface area contributed by atoms with Crippen LogP contribution < -0.4 is 5.73 Å². The topological polar surface area (TPSA) is 26.0 Å². The standard InChI is InChI=1S/C10H18F3N/c1-7(8-4-5-8)9(14)3-2-6-10(11,12)13/h7-9H,2-6,14H2,1H3. The highest BCUT2D eigenvalue weighted by Gasteiger charge is 2.32. The second-order valence-electron chi connectivity index (χ2n) is 4.37. The van der Waals surface area contributed by atoms with Crippen LogP contribution in [0.1, 0.15) is 39.0 Å². The summed E-state index contributed by atoms with van der Waals surface area (Å²) < 4.78 is 35.5. The number of halogens is 3. The first kappa shape index (κ1) is 11.8. The molecule has 0 spiro atoms. The number of hydrogen-bond donors (Lipinski definition) is 1. The summed E-state index contributed by atoms with van der Waals surface area (Å²) in [5.74, 6) is 1.07. The molecule has 84 valence electrons. The van der Waals surface area contributed by atoms with Crippen molar-refractivity contribution in [1.82, 2.24) is 0 Å². The van der Waals surface area contributed by atoms with Crippen molar-refractivity contribution < 1.29 is 13.2 Å². The van der Waals surface area contributed by atoms with Crippen LogP contribution in [0.4, 0.5) is 13.2 Å². The van der Waals surface area contributed by atoms with E-state index in [2.05, 4.69) is 6.92 Å². The zero-order chi connectivity index (χ0) is 10.8. The SMILES string of the molecule is CC(C(N)CCCC(F)(F)F)C1CC1. The maximum Gasteiger partial charge on any atom is 0.389 e. The van der Waals surface area contributed by atoms with Crippen LogP contribution in [0.5, 0.6) is 0 Å². The molecule has 14 heavy (non-hydrogen) atoms. The highest BCUT2D eigenvalue weighted by atomic mass is 19.4. The molecule has 0 aromatic heterocycles. The first-order chi connectivity index (χ1) is 6.40. The first-order valence-electron chi connectivity index (χ1n) is 5.22. The molecule has 2 N–H and O–H groups in total. The van der Waals surface area contributed by atoms with Crippen molar-refractivity contribution in [2.24, 2.45) is 17.6 Å². The Morgan fingerprint density at radius 1 is 1.36 bits per heavy atom. The van der Waals surface area contributed by atoms with Crippen LogP contribution in [0.25, 0.3) is 0 Å². The van der Waals surface area contributed by atoms with Gasteiger partial charge in [0.1, 0.15) is 0 Å². The fraction of sp³-hybridized carbons (Fsp3) is 1.00. The second kappa shape index (κ2) is 4.51. The molecule has 0 heterocycles. The number of nitrogens with two attached hydrogens (primary N) is 1. The maximum atomic E-state index is 11.8. The molecule has 1 saturated carbocycles. The Hall–Kier alpha value is -0.250. The highest BCUT2D eigenvalue weighted by Crippen LogP contribution is 2.38. The third-order valence-corrected chi connectivity index (χ3v) is 3.04. The normalized spacial score (nSPS) is 22.1. The first-order valence-corrected chi connectivity index (χ1v) is 5.22. The van der Waals surface area contributed by atoms with Gasteiger partial charge in [0.2, 0.25) is 0 Å². The number of rotatable bonds is 5. The summed E-state index contributed by atoms with van der Waals surface area (Å²) in [6.45, 7) is 2.05. The highest BCUT2D eigenvalue weighted by molar-refractivity contribution is 4.84. The van der Waals surface area contributed by atoms with E-state index >= 15 is 0 Å². The van der Waals surface area contributed by atoms with Gasteiger partial charge in [0.15, 0.2) is 0 Å².